The van der Waals surface area contributed by atoms with Gasteiger partial charge in [0.05, 0.1) is 11.3 Å². The molecule has 1 fully saturated rings. The molecule has 3 nitrogen and oxygen atoms in total. The van der Waals surface area contributed by atoms with Gasteiger partial charge in [-0.25, -0.2) is 0 Å². The summed E-state index contributed by atoms with van der Waals surface area (Å²) < 4.78 is 0. The van der Waals surface area contributed by atoms with E-state index < -0.39 is 0 Å². The van der Waals surface area contributed by atoms with E-state index in [-0.39, 0.29) is 5.91 Å². The van der Waals surface area contributed by atoms with Crippen molar-refractivity contribution in [3.05, 3.63) is 36.5 Å². The lowest BCUT2D eigenvalue weighted by Gasteiger charge is -2.21. The highest BCUT2D eigenvalue weighted by molar-refractivity contribution is 8.00. The first-order valence-corrected chi connectivity index (χ1v) is 9.57. The Labute approximate surface area is 142 Å². The molecule has 0 unspecified atom stereocenters. The molecule has 1 aromatic carbocycles. The molecule has 4 heteroatoms. The van der Waals surface area contributed by atoms with Crippen molar-refractivity contribution in [2.45, 2.75) is 55.9 Å². The molecule has 3 rings (SSSR count). The Morgan fingerprint density at radius 1 is 1.09 bits per heavy atom. The van der Waals surface area contributed by atoms with E-state index in [0.717, 1.165) is 28.6 Å². The SMILES string of the molecule is O=C(CSc1ccnc2ccccc12)NC1CCCCCCC1. The van der Waals surface area contributed by atoms with Crippen molar-refractivity contribution >= 4 is 28.6 Å². The molecular weight excluding hydrogens is 304 g/mol. The highest BCUT2D eigenvalue weighted by atomic mass is 32.2. The van der Waals surface area contributed by atoms with Gasteiger partial charge < -0.3 is 5.32 Å². The maximum absolute atomic E-state index is 12.3. The zero-order chi connectivity index (χ0) is 15.9. The molecule has 122 valence electrons. The molecule has 1 amide bonds. The Morgan fingerprint density at radius 3 is 2.65 bits per heavy atom. The number of para-hydroxylation sites is 1. The van der Waals surface area contributed by atoms with Gasteiger partial charge in [0.1, 0.15) is 0 Å². The van der Waals surface area contributed by atoms with Crippen LogP contribution in [0.15, 0.2) is 41.4 Å². The van der Waals surface area contributed by atoms with Crippen LogP contribution in [0.3, 0.4) is 0 Å². The van der Waals surface area contributed by atoms with E-state index in [1.807, 2.05) is 30.5 Å². The van der Waals surface area contributed by atoms with E-state index in [0.29, 0.717) is 11.8 Å². The van der Waals surface area contributed by atoms with Crippen LogP contribution in [0.2, 0.25) is 0 Å². The Hall–Kier alpha value is -1.55. The number of pyridine rings is 1. The van der Waals surface area contributed by atoms with E-state index in [1.165, 1.54) is 32.1 Å². The van der Waals surface area contributed by atoms with Crippen molar-refractivity contribution < 1.29 is 4.79 Å². The number of rotatable bonds is 4. The summed E-state index contributed by atoms with van der Waals surface area (Å²) in [5.74, 6) is 0.631. The lowest BCUT2D eigenvalue weighted by atomic mass is 9.97. The number of thioether (sulfide) groups is 1. The van der Waals surface area contributed by atoms with Gasteiger partial charge in [0.2, 0.25) is 5.91 Å². The first kappa shape index (κ1) is 16.3. The molecule has 0 aliphatic heterocycles. The molecule has 0 bridgehead atoms. The Balaban J connectivity index is 1.55. The molecule has 0 spiro atoms. The average Bonchev–Trinajstić information content (AvgIpc) is 2.55. The minimum Gasteiger partial charge on any atom is -0.353 e. The van der Waals surface area contributed by atoms with Gasteiger partial charge in [0.25, 0.3) is 0 Å². The Morgan fingerprint density at radius 2 is 1.83 bits per heavy atom. The van der Waals surface area contributed by atoms with Crippen LogP contribution in [0.5, 0.6) is 0 Å². The van der Waals surface area contributed by atoms with Crippen LogP contribution in [0, 0.1) is 0 Å². The molecular formula is C19H24N2OS. The van der Waals surface area contributed by atoms with E-state index in [1.54, 1.807) is 11.8 Å². The second-order valence-corrected chi connectivity index (χ2v) is 7.24. The normalized spacial score (nSPS) is 16.7. The van der Waals surface area contributed by atoms with Crippen LogP contribution < -0.4 is 5.32 Å². The minimum absolute atomic E-state index is 0.154. The Kier molecular flexibility index (Phi) is 5.92. The van der Waals surface area contributed by atoms with Gasteiger partial charge >= 0.3 is 0 Å². The second kappa shape index (κ2) is 8.34. The fourth-order valence-corrected chi connectivity index (χ4v) is 4.06. The molecule has 1 aliphatic carbocycles. The third-order valence-electron chi connectivity index (χ3n) is 4.44. The van der Waals surface area contributed by atoms with Crippen molar-refractivity contribution in [2.75, 3.05) is 5.75 Å². The molecule has 0 atom stereocenters. The number of carbonyl (C=O) groups is 1. The fourth-order valence-electron chi connectivity index (χ4n) is 3.21. The predicted octanol–water partition coefficient (Wildman–Crippen LogP) is 4.56. The smallest absolute Gasteiger partial charge is 0.230 e. The summed E-state index contributed by atoms with van der Waals surface area (Å²) in [5.41, 5.74) is 0.984. The summed E-state index contributed by atoms with van der Waals surface area (Å²) in [7, 11) is 0. The Bertz CT molecular complexity index is 645. The quantitative estimate of drug-likeness (QED) is 0.837. The van der Waals surface area contributed by atoms with Gasteiger partial charge in [0, 0.05) is 22.5 Å². The largest absolute Gasteiger partial charge is 0.353 e. The first-order chi connectivity index (χ1) is 11.3. The van der Waals surface area contributed by atoms with E-state index in [9.17, 15) is 4.79 Å². The van der Waals surface area contributed by atoms with E-state index in [2.05, 4.69) is 16.4 Å². The summed E-state index contributed by atoms with van der Waals surface area (Å²) in [6.45, 7) is 0. The first-order valence-electron chi connectivity index (χ1n) is 8.59. The van der Waals surface area contributed by atoms with Crippen molar-refractivity contribution in [1.29, 1.82) is 0 Å². The molecule has 2 aromatic rings. The lowest BCUT2D eigenvalue weighted by molar-refractivity contribution is -0.119. The molecule has 0 radical (unpaired) electrons. The average molecular weight is 328 g/mol. The van der Waals surface area contributed by atoms with Crippen molar-refractivity contribution in [3.63, 3.8) is 0 Å². The van der Waals surface area contributed by atoms with Gasteiger partial charge in [-0.05, 0) is 25.0 Å². The molecule has 1 heterocycles. The van der Waals surface area contributed by atoms with Gasteiger partial charge in [0.15, 0.2) is 0 Å². The predicted molar refractivity (Wildman–Crippen MR) is 96.7 cm³/mol. The topological polar surface area (TPSA) is 42.0 Å². The number of nitrogens with one attached hydrogen (secondary N) is 1. The van der Waals surface area contributed by atoms with Crippen LogP contribution in [0.1, 0.15) is 44.9 Å². The van der Waals surface area contributed by atoms with Crippen LogP contribution in [-0.2, 0) is 4.79 Å². The van der Waals surface area contributed by atoms with Gasteiger partial charge in [-0.1, -0.05) is 50.3 Å². The van der Waals surface area contributed by atoms with Crippen LogP contribution >= 0.6 is 11.8 Å². The second-order valence-electron chi connectivity index (χ2n) is 6.22. The van der Waals surface area contributed by atoms with Gasteiger partial charge in [-0.3, -0.25) is 9.78 Å². The van der Waals surface area contributed by atoms with Gasteiger partial charge in [-0.2, -0.15) is 0 Å². The zero-order valence-electron chi connectivity index (χ0n) is 13.5. The minimum atomic E-state index is 0.154. The molecule has 1 aromatic heterocycles. The van der Waals surface area contributed by atoms with Crippen molar-refractivity contribution in [1.82, 2.24) is 10.3 Å². The maximum atomic E-state index is 12.3. The molecule has 1 N–H and O–H groups in total. The summed E-state index contributed by atoms with van der Waals surface area (Å²) in [5, 5.41) is 4.35. The number of carbonyl (C=O) groups excluding carboxylic acids is 1. The number of amides is 1. The maximum Gasteiger partial charge on any atom is 0.230 e. The number of fused-ring (bicyclic) bond motifs is 1. The number of benzene rings is 1. The standard InChI is InChI=1S/C19H24N2OS/c22-19(21-15-8-4-2-1-3-5-9-15)14-23-18-12-13-20-17-11-7-6-10-16(17)18/h6-7,10-13,15H,1-5,8-9,14H2,(H,21,22). The molecule has 0 saturated heterocycles. The summed E-state index contributed by atoms with van der Waals surface area (Å²) >= 11 is 1.60. The molecule has 1 aliphatic rings. The third kappa shape index (κ3) is 4.71. The highest BCUT2D eigenvalue weighted by Crippen LogP contribution is 2.26. The molecule has 1 saturated carbocycles. The summed E-state index contributed by atoms with van der Waals surface area (Å²) in [6, 6.07) is 10.5. The van der Waals surface area contributed by atoms with E-state index in [4.69, 9.17) is 0 Å². The summed E-state index contributed by atoms with van der Waals surface area (Å²) in [4.78, 5) is 17.8. The monoisotopic (exact) mass is 328 g/mol. The lowest BCUT2D eigenvalue weighted by Crippen LogP contribution is -2.36. The van der Waals surface area contributed by atoms with Crippen molar-refractivity contribution in [3.8, 4) is 0 Å². The third-order valence-corrected chi connectivity index (χ3v) is 5.51. The van der Waals surface area contributed by atoms with E-state index >= 15 is 0 Å². The number of hydrogen-bond donors (Lipinski definition) is 1. The zero-order valence-corrected chi connectivity index (χ0v) is 14.3. The number of aromatic nitrogens is 1. The van der Waals surface area contributed by atoms with Crippen LogP contribution in [-0.4, -0.2) is 22.7 Å². The van der Waals surface area contributed by atoms with Crippen LogP contribution in [0.25, 0.3) is 10.9 Å². The van der Waals surface area contributed by atoms with Gasteiger partial charge in [-0.15, -0.1) is 11.8 Å². The highest BCUT2D eigenvalue weighted by Gasteiger charge is 2.14. The molecule has 23 heavy (non-hydrogen) atoms. The fraction of sp³-hybridized carbons (Fsp3) is 0.474. The van der Waals surface area contributed by atoms with Crippen LogP contribution in [0.4, 0.5) is 0 Å². The number of nitrogens with zero attached hydrogens (tertiary/aromatic N) is 1. The summed E-state index contributed by atoms with van der Waals surface area (Å²) in [6.07, 6.45) is 10.5. The number of hydrogen-bond acceptors (Lipinski definition) is 3. The van der Waals surface area contributed by atoms with Crippen molar-refractivity contribution in [2.24, 2.45) is 0 Å².